The van der Waals surface area contributed by atoms with Crippen LogP contribution in [0.3, 0.4) is 0 Å². The predicted molar refractivity (Wildman–Crippen MR) is 58.9 cm³/mol. The molecule has 0 aromatic heterocycles. The van der Waals surface area contributed by atoms with Crippen LogP contribution in [0.1, 0.15) is 19.8 Å². The molecule has 0 aliphatic carbocycles. The van der Waals surface area contributed by atoms with E-state index in [4.69, 9.17) is 0 Å². The van der Waals surface area contributed by atoms with E-state index in [0.29, 0.717) is 0 Å². The molecule has 1 heterocycles. The van der Waals surface area contributed by atoms with Crippen LogP contribution in [-0.2, 0) is 4.79 Å². The lowest BCUT2D eigenvalue weighted by Crippen LogP contribution is -2.23. The van der Waals surface area contributed by atoms with E-state index in [1.54, 1.807) is 0 Å². The molecule has 0 atom stereocenters. The molecule has 1 amide bonds. The van der Waals surface area contributed by atoms with Gasteiger partial charge in [0.2, 0.25) is 6.41 Å². The first kappa shape index (κ1) is 10.8. The zero-order valence-corrected chi connectivity index (χ0v) is 8.70. The molecule has 1 aliphatic rings. The summed E-state index contributed by atoms with van der Waals surface area (Å²) in [7, 11) is 0. The minimum Gasteiger partial charge on any atom is -0.341 e. The van der Waals surface area contributed by atoms with Crippen molar-refractivity contribution in [3.05, 3.63) is 36.0 Å². The van der Waals surface area contributed by atoms with Crippen LogP contribution in [0.4, 0.5) is 0 Å². The molecular weight excluding hydrogens is 174 g/mol. The molecule has 0 saturated carbocycles. The SMILES string of the molecule is C=CC1=C(/C=C\C)CN(C=O)CCC1. The minimum atomic E-state index is 0.717. The van der Waals surface area contributed by atoms with Crippen molar-refractivity contribution in [3.8, 4) is 0 Å². The number of hydrogen-bond acceptors (Lipinski definition) is 1. The first-order valence-electron chi connectivity index (χ1n) is 4.98. The van der Waals surface area contributed by atoms with Crippen molar-refractivity contribution in [2.45, 2.75) is 19.8 Å². The van der Waals surface area contributed by atoms with Crippen LogP contribution in [0, 0.1) is 0 Å². The monoisotopic (exact) mass is 191 g/mol. The minimum absolute atomic E-state index is 0.717. The van der Waals surface area contributed by atoms with Crippen LogP contribution in [-0.4, -0.2) is 24.4 Å². The van der Waals surface area contributed by atoms with Crippen LogP contribution < -0.4 is 0 Å². The summed E-state index contributed by atoms with van der Waals surface area (Å²) >= 11 is 0. The van der Waals surface area contributed by atoms with Gasteiger partial charge in [0.25, 0.3) is 0 Å². The third kappa shape index (κ3) is 2.59. The van der Waals surface area contributed by atoms with Crippen molar-refractivity contribution in [1.29, 1.82) is 0 Å². The molecule has 1 rings (SSSR count). The normalized spacial score (nSPS) is 18.5. The lowest BCUT2D eigenvalue weighted by molar-refractivity contribution is -0.117. The molecule has 2 heteroatoms. The third-order valence-electron chi connectivity index (χ3n) is 2.44. The van der Waals surface area contributed by atoms with Gasteiger partial charge in [-0.05, 0) is 30.9 Å². The van der Waals surface area contributed by atoms with Crippen LogP contribution in [0.2, 0.25) is 0 Å². The molecule has 0 fully saturated rings. The van der Waals surface area contributed by atoms with Gasteiger partial charge in [0, 0.05) is 13.1 Å². The van der Waals surface area contributed by atoms with Gasteiger partial charge in [0.05, 0.1) is 0 Å². The summed E-state index contributed by atoms with van der Waals surface area (Å²) in [4.78, 5) is 12.5. The molecule has 0 saturated heterocycles. The predicted octanol–water partition coefficient (Wildman–Crippen LogP) is 2.30. The van der Waals surface area contributed by atoms with Gasteiger partial charge < -0.3 is 4.90 Å². The van der Waals surface area contributed by atoms with Gasteiger partial charge in [-0.25, -0.2) is 0 Å². The average Bonchev–Trinajstić information content (AvgIpc) is 2.40. The van der Waals surface area contributed by atoms with Gasteiger partial charge in [0.15, 0.2) is 0 Å². The van der Waals surface area contributed by atoms with E-state index in [1.165, 1.54) is 11.1 Å². The standard InChI is InChI=1S/C12H17NO/c1-3-6-12-9-13(10-14)8-5-7-11(12)4-2/h3-4,6,10H,2,5,7-9H2,1H3/b6-3-. The van der Waals surface area contributed by atoms with Crippen molar-refractivity contribution in [3.63, 3.8) is 0 Å². The van der Waals surface area contributed by atoms with E-state index in [2.05, 4.69) is 12.7 Å². The Bertz CT molecular complexity index is 276. The van der Waals surface area contributed by atoms with Gasteiger partial charge in [-0.1, -0.05) is 24.8 Å². The van der Waals surface area contributed by atoms with Crippen LogP contribution in [0.5, 0.6) is 0 Å². The zero-order valence-electron chi connectivity index (χ0n) is 8.70. The molecule has 0 spiro atoms. The lowest BCUT2D eigenvalue weighted by Gasteiger charge is -2.14. The molecule has 0 N–H and O–H groups in total. The second-order valence-corrected chi connectivity index (χ2v) is 3.43. The van der Waals surface area contributed by atoms with E-state index in [9.17, 15) is 4.79 Å². The van der Waals surface area contributed by atoms with Crippen LogP contribution >= 0.6 is 0 Å². The number of rotatable bonds is 3. The third-order valence-corrected chi connectivity index (χ3v) is 2.44. The summed E-state index contributed by atoms with van der Waals surface area (Å²) in [5.74, 6) is 0. The summed E-state index contributed by atoms with van der Waals surface area (Å²) in [5.41, 5.74) is 2.49. The molecule has 1 aliphatic heterocycles. The molecule has 0 aromatic rings. The Kier molecular flexibility index (Phi) is 4.17. The summed E-state index contributed by atoms with van der Waals surface area (Å²) in [5, 5.41) is 0. The summed E-state index contributed by atoms with van der Waals surface area (Å²) < 4.78 is 0. The molecule has 0 bridgehead atoms. The maximum atomic E-state index is 10.7. The van der Waals surface area contributed by atoms with Gasteiger partial charge in [-0.3, -0.25) is 4.79 Å². The fraction of sp³-hybridized carbons (Fsp3) is 0.417. The molecule has 14 heavy (non-hydrogen) atoms. The highest BCUT2D eigenvalue weighted by molar-refractivity contribution is 5.49. The number of hydrogen-bond donors (Lipinski definition) is 0. The average molecular weight is 191 g/mol. The van der Waals surface area contributed by atoms with Crippen molar-refractivity contribution in [1.82, 2.24) is 4.90 Å². The molecule has 76 valence electrons. The number of carbonyl (C=O) groups is 1. The van der Waals surface area contributed by atoms with Crippen molar-refractivity contribution in [2.24, 2.45) is 0 Å². The lowest BCUT2D eigenvalue weighted by atomic mass is 10.0. The first-order valence-corrected chi connectivity index (χ1v) is 4.98. The van der Waals surface area contributed by atoms with Gasteiger partial charge in [-0.15, -0.1) is 0 Å². The fourth-order valence-corrected chi connectivity index (χ4v) is 1.72. The van der Waals surface area contributed by atoms with Crippen LogP contribution in [0.15, 0.2) is 36.0 Å². The van der Waals surface area contributed by atoms with E-state index in [-0.39, 0.29) is 0 Å². The van der Waals surface area contributed by atoms with Crippen molar-refractivity contribution in [2.75, 3.05) is 13.1 Å². The fourth-order valence-electron chi connectivity index (χ4n) is 1.72. The topological polar surface area (TPSA) is 20.3 Å². The van der Waals surface area contributed by atoms with Crippen LogP contribution in [0.25, 0.3) is 0 Å². The highest BCUT2D eigenvalue weighted by atomic mass is 16.1. The molecule has 0 aromatic carbocycles. The smallest absolute Gasteiger partial charge is 0.210 e. The number of nitrogens with zero attached hydrogens (tertiary/aromatic N) is 1. The Morgan fingerprint density at radius 2 is 2.21 bits per heavy atom. The van der Waals surface area contributed by atoms with E-state index in [1.807, 2.05) is 24.0 Å². The Balaban J connectivity index is 2.90. The van der Waals surface area contributed by atoms with E-state index < -0.39 is 0 Å². The van der Waals surface area contributed by atoms with E-state index in [0.717, 1.165) is 32.3 Å². The molecule has 0 unspecified atom stereocenters. The highest BCUT2D eigenvalue weighted by Gasteiger charge is 2.11. The van der Waals surface area contributed by atoms with Gasteiger partial charge >= 0.3 is 0 Å². The second kappa shape index (κ2) is 5.43. The summed E-state index contributed by atoms with van der Waals surface area (Å²) in [6.45, 7) is 7.37. The van der Waals surface area contributed by atoms with Crippen molar-refractivity contribution >= 4 is 6.41 Å². The summed E-state index contributed by atoms with van der Waals surface area (Å²) in [6.07, 6.45) is 8.96. The Hall–Kier alpha value is -1.31. The number of carbonyl (C=O) groups excluding carboxylic acids is 1. The Morgan fingerprint density at radius 1 is 1.43 bits per heavy atom. The Labute approximate surface area is 85.6 Å². The van der Waals surface area contributed by atoms with E-state index >= 15 is 0 Å². The number of amides is 1. The first-order chi connectivity index (χ1) is 6.81. The molecular formula is C12H17NO. The highest BCUT2D eigenvalue weighted by Crippen LogP contribution is 2.19. The quantitative estimate of drug-likeness (QED) is 0.627. The molecule has 0 radical (unpaired) electrons. The summed E-state index contributed by atoms with van der Waals surface area (Å²) in [6, 6.07) is 0. The maximum Gasteiger partial charge on any atom is 0.210 e. The maximum absolute atomic E-state index is 10.7. The largest absolute Gasteiger partial charge is 0.341 e. The molecule has 2 nitrogen and oxygen atoms in total. The van der Waals surface area contributed by atoms with Crippen molar-refractivity contribution < 1.29 is 4.79 Å². The second-order valence-electron chi connectivity index (χ2n) is 3.43. The Morgan fingerprint density at radius 3 is 2.79 bits per heavy atom. The van der Waals surface area contributed by atoms with Gasteiger partial charge in [-0.2, -0.15) is 0 Å². The van der Waals surface area contributed by atoms with Gasteiger partial charge in [0.1, 0.15) is 0 Å². The number of allylic oxidation sites excluding steroid dienone is 3. The zero-order chi connectivity index (χ0) is 10.4.